The third-order valence-electron chi connectivity index (χ3n) is 4.44. The van der Waals surface area contributed by atoms with Gasteiger partial charge < -0.3 is 9.64 Å². The second-order valence-corrected chi connectivity index (χ2v) is 5.53. The first-order valence-corrected chi connectivity index (χ1v) is 7.19. The summed E-state index contributed by atoms with van der Waals surface area (Å²) in [7, 11) is 0. The van der Waals surface area contributed by atoms with Crippen LogP contribution in [0.1, 0.15) is 51.4 Å². The molecule has 0 bridgehead atoms. The number of likely N-dealkylation sites (tertiary alicyclic amines) is 1. The van der Waals surface area contributed by atoms with Crippen molar-refractivity contribution in [3.05, 3.63) is 0 Å². The van der Waals surface area contributed by atoms with E-state index in [-0.39, 0.29) is 0 Å². The molecule has 0 amide bonds. The quantitative estimate of drug-likeness (QED) is 0.545. The van der Waals surface area contributed by atoms with E-state index in [4.69, 9.17) is 4.74 Å². The highest BCUT2D eigenvalue weighted by Crippen LogP contribution is 2.30. The SMILES string of the molecule is O=COCCC1CCC(N2CCCCC2)CC1. The molecule has 1 aliphatic carbocycles. The van der Waals surface area contributed by atoms with E-state index < -0.39 is 0 Å². The van der Waals surface area contributed by atoms with Gasteiger partial charge in [0, 0.05) is 6.04 Å². The second-order valence-electron chi connectivity index (χ2n) is 5.53. The summed E-state index contributed by atoms with van der Waals surface area (Å²) < 4.78 is 4.79. The lowest BCUT2D eigenvalue weighted by atomic mass is 9.83. The number of piperidine rings is 1. The number of ether oxygens (including phenoxy) is 1. The summed E-state index contributed by atoms with van der Waals surface area (Å²) >= 11 is 0. The summed E-state index contributed by atoms with van der Waals surface area (Å²) in [5, 5.41) is 0. The molecule has 0 N–H and O–H groups in total. The molecule has 1 aliphatic heterocycles. The minimum absolute atomic E-state index is 0.569. The Balaban J connectivity index is 1.64. The number of carbonyl (C=O) groups is 1. The molecule has 0 aromatic carbocycles. The van der Waals surface area contributed by atoms with E-state index in [9.17, 15) is 4.79 Å². The first kappa shape index (κ1) is 12.9. The number of rotatable bonds is 5. The van der Waals surface area contributed by atoms with E-state index >= 15 is 0 Å². The van der Waals surface area contributed by atoms with Gasteiger partial charge in [-0.1, -0.05) is 6.42 Å². The highest BCUT2D eigenvalue weighted by Gasteiger charge is 2.26. The summed E-state index contributed by atoms with van der Waals surface area (Å²) in [5.41, 5.74) is 0. The Morgan fingerprint density at radius 2 is 1.76 bits per heavy atom. The van der Waals surface area contributed by atoms with Crippen LogP contribution in [0.25, 0.3) is 0 Å². The predicted molar refractivity (Wildman–Crippen MR) is 67.8 cm³/mol. The molecule has 2 fully saturated rings. The van der Waals surface area contributed by atoms with Gasteiger partial charge in [0.25, 0.3) is 6.47 Å². The van der Waals surface area contributed by atoms with Crippen LogP contribution in [0, 0.1) is 5.92 Å². The lowest BCUT2D eigenvalue weighted by Gasteiger charge is -2.38. The third kappa shape index (κ3) is 3.98. The zero-order valence-electron chi connectivity index (χ0n) is 10.8. The summed E-state index contributed by atoms with van der Waals surface area (Å²) in [4.78, 5) is 12.8. The van der Waals surface area contributed by atoms with Crippen LogP contribution in [0.5, 0.6) is 0 Å². The van der Waals surface area contributed by atoms with E-state index in [1.165, 1.54) is 58.0 Å². The topological polar surface area (TPSA) is 29.5 Å². The fourth-order valence-electron chi connectivity index (χ4n) is 3.37. The van der Waals surface area contributed by atoms with E-state index in [2.05, 4.69) is 4.90 Å². The van der Waals surface area contributed by atoms with Crippen LogP contribution in [0.4, 0.5) is 0 Å². The molecule has 2 rings (SSSR count). The molecular formula is C14H25NO2. The van der Waals surface area contributed by atoms with Crippen LogP contribution < -0.4 is 0 Å². The average Bonchev–Trinajstić information content (AvgIpc) is 2.41. The minimum Gasteiger partial charge on any atom is -0.468 e. The van der Waals surface area contributed by atoms with Gasteiger partial charge in [-0.25, -0.2) is 0 Å². The molecule has 0 radical (unpaired) electrons. The second kappa shape index (κ2) is 7.00. The van der Waals surface area contributed by atoms with Crippen molar-refractivity contribution in [2.24, 2.45) is 5.92 Å². The van der Waals surface area contributed by atoms with E-state index in [1.807, 2.05) is 0 Å². The maximum absolute atomic E-state index is 10.1. The lowest BCUT2D eigenvalue weighted by molar-refractivity contribution is -0.129. The number of hydrogen-bond donors (Lipinski definition) is 0. The van der Waals surface area contributed by atoms with Crippen molar-refractivity contribution in [2.75, 3.05) is 19.7 Å². The van der Waals surface area contributed by atoms with Gasteiger partial charge >= 0.3 is 0 Å². The normalized spacial score (nSPS) is 31.1. The molecule has 0 atom stereocenters. The summed E-state index contributed by atoms with van der Waals surface area (Å²) in [6, 6.07) is 0.846. The first-order valence-electron chi connectivity index (χ1n) is 7.19. The van der Waals surface area contributed by atoms with Crippen LogP contribution in [0.3, 0.4) is 0 Å². The van der Waals surface area contributed by atoms with Gasteiger partial charge in [-0.3, -0.25) is 4.79 Å². The summed E-state index contributed by atoms with van der Waals surface area (Å²) in [6.45, 7) is 3.83. The van der Waals surface area contributed by atoms with E-state index in [0.29, 0.717) is 13.1 Å². The summed E-state index contributed by atoms with van der Waals surface area (Å²) in [5.74, 6) is 0.788. The fraction of sp³-hybridized carbons (Fsp3) is 0.929. The average molecular weight is 239 g/mol. The molecule has 0 aromatic rings. The van der Waals surface area contributed by atoms with E-state index in [1.54, 1.807) is 0 Å². The summed E-state index contributed by atoms with van der Waals surface area (Å²) in [6.07, 6.45) is 10.6. The Kier molecular flexibility index (Phi) is 5.30. The molecule has 1 heterocycles. The first-order chi connectivity index (χ1) is 8.40. The molecule has 1 saturated heterocycles. The molecule has 2 aliphatic rings. The van der Waals surface area contributed by atoms with Crippen LogP contribution in [-0.2, 0) is 9.53 Å². The van der Waals surface area contributed by atoms with Gasteiger partial charge in [0.2, 0.25) is 0 Å². The Hall–Kier alpha value is -0.570. The molecule has 0 aromatic heterocycles. The van der Waals surface area contributed by atoms with Crippen LogP contribution >= 0.6 is 0 Å². The number of carbonyl (C=O) groups excluding carboxylic acids is 1. The van der Waals surface area contributed by atoms with Crippen molar-refractivity contribution < 1.29 is 9.53 Å². The fourth-order valence-corrected chi connectivity index (χ4v) is 3.37. The Bertz CT molecular complexity index is 218. The molecular weight excluding hydrogens is 214 g/mol. The monoisotopic (exact) mass is 239 g/mol. The molecule has 17 heavy (non-hydrogen) atoms. The van der Waals surface area contributed by atoms with Gasteiger partial charge in [0.05, 0.1) is 6.61 Å². The zero-order valence-corrected chi connectivity index (χ0v) is 10.8. The van der Waals surface area contributed by atoms with Gasteiger partial charge in [-0.05, 0) is 64.0 Å². The van der Waals surface area contributed by atoms with Gasteiger partial charge in [-0.2, -0.15) is 0 Å². The van der Waals surface area contributed by atoms with Crippen molar-refractivity contribution in [3.63, 3.8) is 0 Å². The number of nitrogens with zero attached hydrogens (tertiary/aromatic N) is 1. The number of hydrogen-bond acceptors (Lipinski definition) is 3. The van der Waals surface area contributed by atoms with Crippen LogP contribution in [-0.4, -0.2) is 37.1 Å². The zero-order chi connectivity index (χ0) is 11.9. The van der Waals surface area contributed by atoms with Gasteiger partial charge in [0.1, 0.15) is 0 Å². The molecule has 1 saturated carbocycles. The Morgan fingerprint density at radius 3 is 2.41 bits per heavy atom. The standard InChI is InChI=1S/C14H25NO2/c16-12-17-11-8-13-4-6-14(7-5-13)15-9-2-1-3-10-15/h12-14H,1-11H2. The lowest BCUT2D eigenvalue weighted by Crippen LogP contribution is -2.41. The van der Waals surface area contributed by atoms with Crippen molar-refractivity contribution in [1.82, 2.24) is 4.90 Å². The maximum Gasteiger partial charge on any atom is 0.293 e. The van der Waals surface area contributed by atoms with E-state index in [0.717, 1.165) is 18.4 Å². The van der Waals surface area contributed by atoms with Crippen molar-refractivity contribution in [2.45, 2.75) is 57.4 Å². The molecule has 0 spiro atoms. The largest absolute Gasteiger partial charge is 0.468 e. The van der Waals surface area contributed by atoms with Crippen LogP contribution in [0.2, 0.25) is 0 Å². The Labute approximate surface area is 105 Å². The van der Waals surface area contributed by atoms with Crippen molar-refractivity contribution in [1.29, 1.82) is 0 Å². The third-order valence-corrected chi connectivity index (χ3v) is 4.44. The molecule has 3 heteroatoms. The van der Waals surface area contributed by atoms with Crippen LogP contribution in [0.15, 0.2) is 0 Å². The smallest absolute Gasteiger partial charge is 0.293 e. The molecule has 3 nitrogen and oxygen atoms in total. The molecule has 98 valence electrons. The van der Waals surface area contributed by atoms with Gasteiger partial charge in [-0.15, -0.1) is 0 Å². The highest BCUT2D eigenvalue weighted by molar-refractivity contribution is 5.36. The highest BCUT2D eigenvalue weighted by atomic mass is 16.5. The Morgan fingerprint density at radius 1 is 1.06 bits per heavy atom. The van der Waals surface area contributed by atoms with Crippen molar-refractivity contribution in [3.8, 4) is 0 Å². The van der Waals surface area contributed by atoms with Crippen molar-refractivity contribution >= 4 is 6.47 Å². The maximum atomic E-state index is 10.1. The van der Waals surface area contributed by atoms with Gasteiger partial charge in [0.15, 0.2) is 0 Å². The predicted octanol–water partition coefficient (Wildman–Crippen LogP) is 2.59. The minimum atomic E-state index is 0.569. The molecule has 0 unspecified atom stereocenters.